The SMILES string of the molecule is OC1COCC1NCC(O)C(F)(F)F. The Morgan fingerprint density at radius 3 is 2.50 bits per heavy atom. The highest BCUT2D eigenvalue weighted by Crippen LogP contribution is 2.19. The van der Waals surface area contributed by atoms with E-state index in [1.54, 1.807) is 0 Å². The molecule has 0 aromatic rings. The van der Waals surface area contributed by atoms with Gasteiger partial charge in [0.05, 0.1) is 25.4 Å². The zero-order valence-electron chi connectivity index (χ0n) is 7.29. The van der Waals surface area contributed by atoms with Crippen LogP contribution in [0.15, 0.2) is 0 Å². The predicted octanol–water partition coefficient (Wildman–Crippen LogP) is -0.741. The molecule has 0 amide bonds. The molecule has 0 aromatic carbocycles. The maximum absolute atomic E-state index is 11.8. The van der Waals surface area contributed by atoms with E-state index in [2.05, 4.69) is 5.32 Å². The lowest BCUT2D eigenvalue weighted by molar-refractivity contribution is -0.202. The van der Waals surface area contributed by atoms with Crippen LogP contribution in [-0.4, -0.2) is 54.4 Å². The predicted molar refractivity (Wildman–Crippen MR) is 40.7 cm³/mol. The van der Waals surface area contributed by atoms with E-state index in [-0.39, 0.29) is 13.2 Å². The third-order valence-corrected chi connectivity index (χ3v) is 2.00. The van der Waals surface area contributed by atoms with Crippen molar-refractivity contribution in [1.82, 2.24) is 5.32 Å². The third kappa shape index (κ3) is 3.09. The first-order chi connectivity index (χ1) is 6.41. The fourth-order valence-corrected chi connectivity index (χ4v) is 1.12. The summed E-state index contributed by atoms with van der Waals surface area (Å²) in [6.07, 6.45) is -7.84. The quantitative estimate of drug-likeness (QED) is 0.580. The van der Waals surface area contributed by atoms with Gasteiger partial charge in [-0.3, -0.25) is 0 Å². The maximum Gasteiger partial charge on any atom is 0.415 e. The van der Waals surface area contributed by atoms with Crippen LogP contribution in [0.5, 0.6) is 0 Å². The molecule has 1 rings (SSSR count). The summed E-state index contributed by atoms with van der Waals surface area (Å²) < 4.78 is 40.3. The van der Waals surface area contributed by atoms with E-state index in [4.69, 9.17) is 14.9 Å². The Bertz CT molecular complexity index is 186. The van der Waals surface area contributed by atoms with Crippen molar-refractivity contribution >= 4 is 0 Å². The number of rotatable bonds is 3. The van der Waals surface area contributed by atoms with Gasteiger partial charge in [0, 0.05) is 6.54 Å². The molecule has 7 heteroatoms. The summed E-state index contributed by atoms with van der Waals surface area (Å²) in [5.74, 6) is 0. The summed E-state index contributed by atoms with van der Waals surface area (Å²) in [4.78, 5) is 0. The van der Waals surface area contributed by atoms with Crippen LogP contribution in [0.3, 0.4) is 0 Å². The minimum atomic E-state index is -4.63. The van der Waals surface area contributed by atoms with Crippen molar-refractivity contribution in [2.24, 2.45) is 0 Å². The zero-order chi connectivity index (χ0) is 10.8. The number of nitrogens with one attached hydrogen (secondary N) is 1. The summed E-state index contributed by atoms with van der Waals surface area (Å²) in [5.41, 5.74) is 0. The third-order valence-electron chi connectivity index (χ3n) is 2.00. The van der Waals surface area contributed by atoms with Crippen LogP contribution < -0.4 is 5.32 Å². The largest absolute Gasteiger partial charge is 0.415 e. The highest BCUT2D eigenvalue weighted by molar-refractivity contribution is 4.82. The number of aliphatic hydroxyl groups excluding tert-OH is 2. The highest BCUT2D eigenvalue weighted by Gasteiger charge is 2.39. The molecule has 1 aliphatic rings. The summed E-state index contributed by atoms with van der Waals surface area (Å²) in [5, 5.41) is 20.2. The molecule has 1 saturated heterocycles. The molecule has 1 fully saturated rings. The van der Waals surface area contributed by atoms with Gasteiger partial charge in [-0.2, -0.15) is 13.2 Å². The Morgan fingerprint density at radius 1 is 1.43 bits per heavy atom. The molecule has 3 atom stereocenters. The molecular weight excluding hydrogens is 203 g/mol. The van der Waals surface area contributed by atoms with E-state index >= 15 is 0 Å². The summed E-state index contributed by atoms with van der Waals surface area (Å²) in [6.45, 7) is -0.361. The Labute approximate surface area is 78.7 Å². The first-order valence-corrected chi connectivity index (χ1v) is 4.15. The number of hydrogen-bond acceptors (Lipinski definition) is 4. The van der Waals surface area contributed by atoms with Gasteiger partial charge in [-0.1, -0.05) is 0 Å². The van der Waals surface area contributed by atoms with Gasteiger partial charge in [-0.15, -0.1) is 0 Å². The van der Waals surface area contributed by atoms with E-state index in [1.165, 1.54) is 0 Å². The zero-order valence-corrected chi connectivity index (χ0v) is 7.29. The second kappa shape index (κ2) is 4.43. The van der Waals surface area contributed by atoms with Gasteiger partial charge in [0.25, 0.3) is 0 Å². The van der Waals surface area contributed by atoms with Crippen LogP contribution in [0.2, 0.25) is 0 Å². The van der Waals surface area contributed by atoms with E-state index in [9.17, 15) is 13.2 Å². The molecule has 3 N–H and O–H groups in total. The molecule has 1 aliphatic heterocycles. The van der Waals surface area contributed by atoms with Crippen LogP contribution in [0.4, 0.5) is 13.2 Å². The normalized spacial score (nSPS) is 30.6. The topological polar surface area (TPSA) is 61.7 Å². The van der Waals surface area contributed by atoms with Crippen LogP contribution >= 0.6 is 0 Å². The van der Waals surface area contributed by atoms with Crippen molar-refractivity contribution < 1.29 is 28.1 Å². The molecule has 1 heterocycles. The number of aliphatic hydroxyl groups is 2. The average Bonchev–Trinajstić information content (AvgIpc) is 2.45. The Balaban J connectivity index is 2.26. The van der Waals surface area contributed by atoms with E-state index < -0.39 is 31.0 Å². The van der Waals surface area contributed by atoms with E-state index in [1.807, 2.05) is 0 Å². The van der Waals surface area contributed by atoms with E-state index in [0.717, 1.165) is 0 Å². The fourth-order valence-electron chi connectivity index (χ4n) is 1.12. The van der Waals surface area contributed by atoms with Crippen molar-refractivity contribution in [2.45, 2.75) is 24.4 Å². The Hall–Kier alpha value is -0.370. The minimum Gasteiger partial charge on any atom is -0.389 e. The number of halogens is 3. The summed E-state index contributed by atoms with van der Waals surface area (Å²) in [7, 11) is 0. The molecule has 0 saturated carbocycles. The molecule has 0 bridgehead atoms. The molecule has 0 spiro atoms. The van der Waals surface area contributed by atoms with Gasteiger partial charge < -0.3 is 20.3 Å². The Morgan fingerprint density at radius 2 is 2.07 bits per heavy atom. The number of ether oxygens (including phenoxy) is 1. The second-order valence-corrected chi connectivity index (χ2v) is 3.18. The minimum absolute atomic E-state index is 0.111. The van der Waals surface area contributed by atoms with E-state index in [0.29, 0.717) is 0 Å². The summed E-state index contributed by atoms with van der Waals surface area (Å²) >= 11 is 0. The maximum atomic E-state index is 11.8. The van der Waals surface area contributed by atoms with Crippen molar-refractivity contribution in [2.75, 3.05) is 19.8 Å². The number of alkyl halides is 3. The molecule has 3 unspecified atom stereocenters. The molecule has 14 heavy (non-hydrogen) atoms. The first kappa shape index (κ1) is 11.7. The lowest BCUT2D eigenvalue weighted by Crippen LogP contribution is -2.46. The van der Waals surface area contributed by atoms with Crippen molar-refractivity contribution in [3.63, 3.8) is 0 Å². The van der Waals surface area contributed by atoms with Gasteiger partial charge in [-0.05, 0) is 0 Å². The molecule has 0 aliphatic carbocycles. The van der Waals surface area contributed by atoms with Crippen molar-refractivity contribution in [3.05, 3.63) is 0 Å². The molecule has 4 nitrogen and oxygen atoms in total. The van der Waals surface area contributed by atoms with Crippen LogP contribution in [0, 0.1) is 0 Å². The second-order valence-electron chi connectivity index (χ2n) is 3.18. The lowest BCUT2D eigenvalue weighted by Gasteiger charge is -2.19. The number of hydrogen-bond donors (Lipinski definition) is 3. The fraction of sp³-hybridized carbons (Fsp3) is 1.00. The molecular formula is C7H12F3NO3. The summed E-state index contributed by atoms with van der Waals surface area (Å²) in [6, 6.07) is -0.535. The van der Waals surface area contributed by atoms with Gasteiger partial charge in [0.15, 0.2) is 6.10 Å². The van der Waals surface area contributed by atoms with Crippen LogP contribution in [0.25, 0.3) is 0 Å². The van der Waals surface area contributed by atoms with Crippen molar-refractivity contribution in [3.8, 4) is 0 Å². The molecule has 0 radical (unpaired) electrons. The average molecular weight is 215 g/mol. The van der Waals surface area contributed by atoms with Crippen LogP contribution in [-0.2, 0) is 4.74 Å². The van der Waals surface area contributed by atoms with Gasteiger partial charge in [-0.25, -0.2) is 0 Å². The highest BCUT2D eigenvalue weighted by atomic mass is 19.4. The van der Waals surface area contributed by atoms with Gasteiger partial charge in [0.1, 0.15) is 0 Å². The van der Waals surface area contributed by atoms with Crippen LogP contribution in [0.1, 0.15) is 0 Å². The standard InChI is InChI=1S/C7H12F3NO3/c8-7(9,10)6(13)1-11-4-2-14-3-5(4)12/h4-6,11-13H,1-3H2. The molecule has 84 valence electrons. The molecule has 0 aromatic heterocycles. The van der Waals surface area contributed by atoms with Gasteiger partial charge in [0.2, 0.25) is 0 Å². The van der Waals surface area contributed by atoms with Crippen molar-refractivity contribution in [1.29, 1.82) is 0 Å². The monoisotopic (exact) mass is 215 g/mol. The lowest BCUT2D eigenvalue weighted by atomic mass is 10.2. The first-order valence-electron chi connectivity index (χ1n) is 4.15. The smallest absolute Gasteiger partial charge is 0.389 e. The van der Waals surface area contributed by atoms with Gasteiger partial charge >= 0.3 is 6.18 Å². The Kier molecular flexibility index (Phi) is 3.71.